The van der Waals surface area contributed by atoms with E-state index in [0.29, 0.717) is 12.6 Å². The summed E-state index contributed by atoms with van der Waals surface area (Å²) in [6.07, 6.45) is 4.34. The van der Waals surface area contributed by atoms with Crippen LogP contribution in [0.15, 0.2) is 18.3 Å². The van der Waals surface area contributed by atoms with Gasteiger partial charge in [-0.05, 0) is 31.0 Å². The molecule has 1 aromatic rings. The van der Waals surface area contributed by atoms with Crippen LogP contribution in [0, 0.1) is 0 Å². The summed E-state index contributed by atoms with van der Waals surface area (Å²) in [7, 11) is 2.15. The molecule has 0 unspecified atom stereocenters. The van der Waals surface area contributed by atoms with Gasteiger partial charge in [0.05, 0.1) is 0 Å². The van der Waals surface area contributed by atoms with Crippen molar-refractivity contribution in [1.29, 1.82) is 0 Å². The Bertz CT molecular complexity index is 355. The van der Waals surface area contributed by atoms with Crippen LogP contribution in [0.3, 0.4) is 0 Å². The van der Waals surface area contributed by atoms with Gasteiger partial charge in [0, 0.05) is 38.9 Å². The monoisotopic (exact) mass is 248 g/mol. The normalized spacial score (nSPS) is 17.9. The first-order valence-electron chi connectivity index (χ1n) is 6.84. The number of aromatic nitrogens is 1. The van der Waals surface area contributed by atoms with Gasteiger partial charge in [-0.15, -0.1) is 0 Å². The lowest BCUT2D eigenvalue weighted by molar-refractivity contribution is 0.220. The Morgan fingerprint density at radius 2 is 2.11 bits per heavy atom. The van der Waals surface area contributed by atoms with Crippen LogP contribution in [-0.4, -0.2) is 42.6 Å². The number of piperidine rings is 1. The second-order valence-corrected chi connectivity index (χ2v) is 5.01. The molecular weight excluding hydrogens is 224 g/mol. The van der Waals surface area contributed by atoms with E-state index in [1.54, 1.807) is 0 Å². The average molecular weight is 248 g/mol. The van der Waals surface area contributed by atoms with Crippen molar-refractivity contribution in [2.24, 2.45) is 5.73 Å². The van der Waals surface area contributed by atoms with Gasteiger partial charge in [0.1, 0.15) is 5.82 Å². The highest BCUT2D eigenvalue weighted by Crippen LogP contribution is 2.20. The van der Waals surface area contributed by atoms with Crippen LogP contribution < -0.4 is 10.6 Å². The van der Waals surface area contributed by atoms with Crippen LogP contribution in [-0.2, 0) is 6.54 Å². The Labute approximate surface area is 110 Å². The number of rotatable bonds is 4. The van der Waals surface area contributed by atoms with Gasteiger partial charge in [-0.2, -0.15) is 0 Å². The summed E-state index contributed by atoms with van der Waals surface area (Å²) in [5.74, 6) is 1.06. The first-order chi connectivity index (χ1) is 8.74. The van der Waals surface area contributed by atoms with E-state index in [4.69, 9.17) is 5.73 Å². The van der Waals surface area contributed by atoms with Crippen molar-refractivity contribution in [2.75, 3.05) is 31.6 Å². The highest BCUT2D eigenvalue weighted by atomic mass is 15.2. The van der Waals surface area contributed by atoms with Crippen LogP contribution in [0.1, 0.15) is 25.3 Å². The van der Waals surface area contributed by atoms with E-state index in [1.807, 2.05) is 6.20 Å². The predicted octanol–water partition coefficient (Wildman–Crippen LogP) is 1.46. The van der Waals surface area contributed by atoms with E-state index < -0.39 is 0 Å². The summed E-state index contributed by atoms with van der Waals surface area (Å²) in [5, 5.41) is 0. The number of anilines is 1. The molecule has 0 aromatic carbocycles. The lowest BCUT2D eigenvalue weighted by Gasteiger charge is -2.36. The van der Waals surface area contributed by atoms with E-state index in [-0.39, 0.29) is 0 Å². The minimum atomic E-state index is 0.561. The van der Waals surface area contributed by atoms with Crippen molar-refractivity contribution in [3.8, 4) is 0 Å². The number of pyridine rings is 1. The lowest BCUT2D eigenvalue weighted by atomic mass is 10.0. The minimum Gasteiger partial charge on any atom is -0.357 e. The van der Waals surface area contributed by atoms with E-state index in [9.17, 15) is 0 Å². The molecule has 0 amide bonds. The molecule has 0 radical (unpaired) electrons. The molecule has 1 aliphatic heterocycles. The third-order valence-electron chi connectivity index (χ3n) is 3.96. The molecule has 0 saturated carbocycles. The average Bonchev–Trinajstić information content (AvgIpc) is 2.47. The quantitative estimate of drug-likeness (QED) is 0.876. The first-order valence-corrected chi connectivity index (χ1v) is 6.84. The zero-order valence-corrected chi connectivity index (χ0v) is 11.5. The third-order valence-corrected chi connectivity index (χ3v) is 3.96. The largest absolute Gasteiger partial charge is 0.357 e. The lowest BCUT2D eigenvalue weighted by Crippen LogP contribution is -2.43. The zero-order chi connectivity index (χ0) is 13.0. The van der Waals surface area contributed by atoms with Crippen LogP contribution in [0.4, 0.5) is 5.82 Å². The van der Waals surface area contributed by atoms with E-state index in [1.165, 1.54) is 32.5 Å². The molecule has 4 heteroatoms. The van der Waals surface area contributed by atoms with Gasteiger partial charge in [0.15, 0.2) is 0 Å². The molecule has 0 bridgehead atoms. The maximum absolute atomic E-state index is 5.59. The fourth-order valence-corrected chi connectivity index (χ4v) is 2.56. The summed E-state index contributed by atoms with van der Waals surface area (Å²) in [5.41, 5.74) is 6.68. The fraction of sp³-hybridized carbons (Fsp3) is 0.643. The highest BCUT2D eigenvalue weighted by molar-refractivity contribution is 5.39. The molecule has 2 N–H and O–H groups in total. The van der Waals surface area contributed by atoms with Crippen molar-refractivity contribution < 1.29 is 0 Å². The standard InChI is InChI=1S/C14H24N4/c1-3-18-8-6-13(7-9-18)17(2)14-5-4-12(10-15)11-16-14/h4-5,11,13H,3,6-10,15H2,1-2H3. The summed E-state index contributed by atoms with van der Waals surface area (Å²) < 4.78 is 0. The number of likely N-dealkylation sites (tertiary alicyclic amines) is 1. The molecule has 2 heterocycles. The van der Waals surface area contributed by atoms with Crippen LogP contribution in [0.5, 0.6) is 0 Å². The minimum absolute atomic E-state index is 0.561. The molecule has 1 saturated heterocycles. The molecule has 2 rings (SSSR count). The summed E-state index contributed by atoms with van der Waals surface area (Å²) >= 11 is 0. The van der Waals surface area contributed by atoms with Crippen molar-refractivity contribution in [2.45, 2.75) is 32.4 Å². The second kappa shape index (κ2) is 6.16. The van der Waals surface area contributed by atoms with Crippen molar-refractivity contribution in [3.05, 3.63) is 23.9 Å². The van der Waals surface area contributed by atoms with Gasteiger partial charge < -0.3 is 15.5 Å². The van der Waals surface area contributed by atoms with Crippen molar-refractivity contribution in [1.82, 2.24) is 9.88 Å². The topological polar surface area (TPSA) is 45.4 Å². The van der Waals surface area contributed by atoms with Crippen molar-refractivity contribution >= 4 is 5.82 Å². The third kappa shape index (κ3) is 3.00. The SMILES string of the molecule is CCN1CCC(N(C)c2ccc(CN)cn2)CC1. The molecule has 4 nitrogen and oxygen atoms in total. The Morgan fingerprint density at radius 3 is 2.61 bits per heavy atom. The van der Waals surface area contributed by atoms with Gasteiger partial charge in [-0.3, -0.25) is 0 Å². The molecule has 1 fully saturated rings. The second-order valence-electron chi connectivity index (χ2n) is 5.01. The Hall–Kier alpha value is -1.13. The van der Waals surface area contributed by atoms with Crippen LogP contribution >= 0.6 is 0 Å². The summed E-state index contributed by atoms with van der Waals surface area (Å²) in [4.78, 5) is 9.32. The molecule has 1 aromatic heterocycles. The molecule has 18 heavy (non-hydrogen) atoms. The molecule has 0 atom stereocenters. The fourth-order valence-electron chi connectivity index (χ4n) is 2.56. The van der Waals surface area contributed by atoms with Gasteiger partial charge in [0.2, 0.25) is 0 Å². The van der Waals surface area contributed by atoms with Crippen molar-refractivity contribution in [3.63, 3.8) is 0 Å². The van der Waals surface area contributed by atoms with Gasteiger partial charge in [-0.25, -0.2) is 4.98 Å². The molecular formula is C14H24N4. The predicted molar refractivity (Wildman–Crippen MR) is 75.7 cm³/mol. The van der Waals surface area contributed by atoms with Crippen LogP contribution in [0.2, 0.25) is 0 Å². The number of nitrogens with two attached hydrogens (primary N) is 1. The molecule has 0 spiro atoms. The molecule has 1 aliphatic rings. The summed E-state index contributed by atoms with van der Waals surface area (Å²) in [6, 6.07) is 4.76. The zero-order valence-electron chi connectivity index (χ0n) is 11.5. The number of hydrogen-bond acceptors (Lipinski definition) is 4. The number of hydrogen-bond donors (Lipinski definition) is 1. The Kier molecular flexibility index (Phi) is 4.55. The number of nitrogens with zero attached hydrogens (tertiary/aromatic N) is 3. The maximum Gasteiger partial charge on any atom is 0.128 e. The molecule has 0 aliphatic carbocycles. The Balaban J connectivity index is 1.96. The van der Waals surface area contributed by atoms with E-state index >= 15 is 0 Å². The van der Waals surface area contributed by atoms with E-state index in [2.05, 4.69) is 40.9 Å². The van der Waals surface area contributed by atoms with Gasteiger partial charge in [-0.1, -0.05) is 13.0 Å². The highest BCUT2D eigenvalue weighted by Gasteiger charge is 2.22. The van der Waals surface area contributed by atoms with Gasteiger partial charge >= 0.3 is 0 Å². The first kappa shape index (κ1) is 13.3. The van der Waals surface area contributed by atoms with Gasteiger partial charge in [0.25, 0.3) is 0 Å². The van der Waals surface area contributed by atoms with E-state index in [0.717, 1.165) is 11.4 Å². The molecule has 100 valence electrons. The smallest absolute Gasteiger partial charge is 0.128 e. The maximum atomic E-state index is 5.59. The summed E-state index contributed by atoms with van der Waals surface area (Å²) in [6.45, 7) is 6.36. The Morgan fingerprint density at radius 1 is 1.39 bits per heavy atom. The van der Waals surface area contributed by atoms with Crippen LogP contribution in [0.25, 0.3) is 0 Å².